The molecule has 5 rings (SSSR count). The molecule has 0 radical (unpaired) electrons. The van der Waals surface area contributed by atoms with Crippen LogP contribution in [0.3, 0.4) is 0 Å². The molecule has 0 amide bonds. The van der Waals surface area contributed by atoms with Gasteiger partial charge in [0.25, 0.3) is 0 Å². The molecule has 0 spiro atoms. The molecular weight excluding hydrogens is 404 g/mol. The van der Waals surface area contributed by atoms with Crippen LogP contribution < -0.4 is 14.2 Å². The number of hydrogen-bond acceptors (Lipinski definition) is 6. The van der Waals surface area contributed by atoms with Gasteiger partial charge in [-0.2, -0.15) is 0 Å². The van der Waals surface area contributed by atoms with Crippen molar-refractivity contribution in [2.24, 2.45) is 0 Å². The first-order valence-corrected chi connectivity index (χ1v) is 11.9. The number of carbonyl (C=O) groups excluding carboxylic acids is 1. The molecule has 2 aromatic rings. The minimum atomic E-state index is -0.0185. The van der Waals surface area contributed by atoms with E-state index in [9.17, 15) is 4.79 Å². The summed E-state index contributed by atoms with van der Waals surface area (Å²) in [5.41, 5.74) is 2.88. The number of benzene rings is 2. The second kappa shape index (κ2) is 9.51. The van der Waals surface area contributed by atoms with Crippen molar-refractivity contribution >= 4 is 5.78 Å². The van der Waals surface area contributed by atoms with Crippen LogP contribution in [0, 0.1) is 0 Å². The summed E-state index contributed by atoms with van der Waals surface area (Å²) in [4.78, 5) is 18.3. The van der Waals surface area contributed by atoms with Gasteiger partial charge in [0.15, 0.2) is 5.78 Å². The fourth-order valence-electron chi connectivity index (χ4n) is 5.14. The summed E-state index contributed by atoms with van der Waals surface area (Å²) in [5.74, 6) is 2.02. The van der Waals surface area contributed by atoms with Crippen molar-refractivity contribution in [2.45, 2.75) is 25.7 Å². The molecule has 0 N–H and O–H groups in total. The lowest BCUT2D eigenvalue weighted by atomic mass is 10.0. The zero-order chi connectivity index (χ0) is 21.9. The monoisotopic (exact) mass is 436 g/mol. The smallest absolute Gasteiger partial charge is 0.198 e. The number of rotatable bonds is 9. The predicted octanol–water partition coefficient (Wildman–Crippen LogP) is 3.86. The lowest BCUT2D eigenvalue weighted by Crippen LogP contribution is -2.25. The third-order valence-electron chi connectivity index (χ3n) is 6.82. The van der Waals surface area contributed by atoms with E-state index in [0.29, 0.717) is 35.8 Å². The van der Waals surface area contributed by atoms with Gasteiger partial charge in [0, 0.05) is 29.8 Å². The normalized spacial score (nSPS) is 18.1. The van der Waals surface area contributed by atoms with Crippen LogP contribution in [0.5, 0.6) is 17.2 Å². The van der Waals surface area contributed by atoms with Crippen LogP contribution in [0.15, 0.2) is 30.3 Å². The van der Waals surface area contributed by atoms with Crippen molar-refractivity contribution < 1.29 is 19.0 Å². The molecule has 32 heavy (non-hydrogen) atoms. The van der Waals surface area contributed by atoms with Crippen molar-refractivity contribution in [3.05, 3.63) is 41.5 Å². The number of carbonyl (C=O) groups is 1. The minimum Gasteiger partial charge on any atom is -0.496 e. The van der Waals surface area contributed by atoms with Gasteiger partial charge in [0.1, 0.15) is 30.5 Å². The van der Waals surface area contributed by atoms with Crippen molar-refractivity contribution in [3.8, 4) is 28.4 Å². The van der Waals surface area contributed by atoms with Crippen molar-refractivity contribution in [2.75, 3.05) is 59.6 Å². The van der Waals surface area contributed by atoms with Gasteiger partial charge in [0.2, 0.25) is 0 Å². The van der Waals surface area contributed by atoms with E-state index in [4.69, 9.17) is 14.2 Å². The van der Waals surface area contributed by atoms with E-state index in [-0.39, 0.29) is 5.78 Å². The standard InChI is InChI=1S/C26H32N2O4/c1-30-20-9-10-22(32-18-16-28-13-4-5-14-28)25-24(20)23-19(26(25)29)7-6-8-21(23)31-17-15-27-11-2-3-12-27/h6-10H,2-5,11-18H2,1H3. The summed E-state index contributed by atoms with van der Waals surface area (Å²) in [5, 5.41) is 0. The van der Waals surface area contributed by atoms with E-state index in [2.05, 4.69) is 9.80 Å². The third kappa shape index (κ3) is 4.09. The molecule has 2 heterocycles. The average molecular weight is 437 g/mol. The second-order valence-electron chi connectivity index (χ2n) is 8.82. The van der Waals surface area contributed by atoms with Gasteiger partial charge in [-0.1, -0.05) is 12.1 Å². The topological polar surface area (TPSA) is 51.2 Å². The van der Waals surface area contributed by atoms with Gasteiger partial charge in [-0.3, -0.25) is 14.6 Å². The quantitative estimate of drug-likeness (QED) is 0.508. The van der Waals surface area contributed by atoms with Gasteiger partial charge in [-0.05, 0) is 70.1 Å². The van der Waals surface area contributed by atoms with Crippen molar-refractivity contribution in [1.82, 2.24) is 9.80 Å². The molecule has 2 aliphatic heterocycles. The number of nitrogens with zero attached hydrogens (tertiary/aromatic N) is 2. The Morgan fingerprint density at radius 2 is 1.28 bits per heavy atom. The summed E-state index contributed by atoms with van der Waals surface area (Å²) < 4.78 is 18.0. The van der Waals surface area contributed by atoms with Gasteiger partial charge < -0.3 is 14.2 Å². The molecule has 3 aliphatic rings. The van der Waals surface area contributed by atoms with E-state index < -0.39 is 0 Å². The van der Waals surface area contributed by atoms with E-state index in [1.807, 2.05) is 30.3 Å². The third-order valence-corrected chi connectivity index (χ3v) is 6.82. The number of fused-ring (bicyclic) bond motifs is 3. The first-order chi connectivity index (χ1) is 15.8. The first kappa shape index (κ1) is 21.3. The van der Waals surface area contributed by atoms with Crippen LogP contribution in [-0.2, 0) is 0 Å². The largest absolute Gasteiger partial charge is 0.496 e. The number of likely N-dealkylation sites (tertiary alicyclic amines) is 2. The van der Waals surface area contributed by atoms with E-state index in [1.54, 1.807) is 7.11 Å². The molecule has 0 bridgehead atoms. The highest BCUT2D eigenvalue weighted by atomic mass is 16.5. The highest BCUT2D eigenvalue weighted by molar-refractivity contribution is 6.25. The molecule has 2 saturated heterocycles. The molecule has 0 aromatic heterocycles. The molecule has 0 atom stereocenters. The first-order valence-electron chi connectivity index (χ1n) is 11.9. The van der Waals surface area contributed by atoms with E-state index in [1.165, 1.54) is 25.7 Å². The Morgan fingerprint density at radius 1 is 0.719 bits per heavy atom. The maximum atomic E-state index is 13.4. The molecule has 1 aliphatic carbocycles. The molecule has 0 unspecified atom stereocenters. The lowest BCUT2D eigenvalue weighted by molar-refractivity contribution is 0.103. The zero-order valence-electron chi connectivity index (χ0n) is 18.9. The highest BCUT2D eigenvalue weighted by Crippen LogP contribution is 2.50. The van der Waals surface area contributed by atoms with Gasteiger partial charge in [-0.15, -0.1) is 0 Å². The van der Waals surface area contributed by atoms with Crippen LogP contribution >= 0.6 is 0 Å². The lowest BCUT2D eigenvalue weighted by Gasteiger charge is -2.18. The fraction of sp³-hybridized carbons (Fsp3) is 0.500. The van der Waals surface area contributed by atoms with Gasteiger partial charge in [-0.25, -0.2) is 0 Å². The minimum absolute atomic E-state index is 0.0185. The van der Waals surface area contributed by atoms with Crippen LogP contribution in [0.2, 0.25) is 0 Å². The van der Waals surface area contributed by atoms with Crippen LogP contribution in [0.1, 0.15) is 41.6 Å². The molecule has 2 fully saturated rings. The summed E-state index contributed by atoms with van der Waals surface area (Å²) >= 11 is 0. The molecule has 170 valence electrons. The average Bonchev–Trinajstić information content (AvgIpc) is 3.57. The predicted molar refractivity (Wildman–Crippen MR) is 124 cm³/mol. The van der Waals surface area contributed by atoms with Crippen LogP contribution in [0.4, 0.5) is 0 Å². The summed E-state index contributed by atoms with van der Waals surface area (Å²) in [6.07, 6.45) is 5.04. The van der Waals surface area contributed by atoms with Gasteiger partial charge >= 0.3 is 0 Å². The summed E-state index contributed by atoms with van der Waals surface area (Å²) in [6.45, 7) is 7.51. The SMILES string of the molecule is COc1ccc(OCCN2CCCC2)c2c1-c1c(OCCN3CCCC3)cccc1C2=O. The Balaban J connectivity index is 1.40. The number of ketones is 1. The van der Waals surface area contributed by atoms with Gasteiger partial charge in [0.05, 0.1) is 12.7 Å². The Labute approximate surface area is 190 Å². The fourth-order valence-corrected chi connectivity index (χ4v) is 5.14. The number of ether oxygens (including phenoxy) is 3. The van der Waals surface area contributed by atoms with E-state index >= 15 is 0 Å². The Morgan fingerprint density at radius 3 is 1.88 bits per heavy atom. The summed E-state index contributed by atoms with van der Waals surface area (Å²) in [7, 11) is 1.64. The van der Waals surface area contributed by atoms with Crippen molar-refractivity contribution in [1.29, 1.82) is 0 Å². The van der Waals surface area contributed by atoms with Crippen LogP contribution in [-0.4, -0.2) is 75.2 Å². The Kier molecular flexibility index (Phi) is 6.32. The molecule has 6 nitrogen and oxygen atoms in total. The molecular formula is C26H32N2O4. The summed E-state index contributed by atoms with van der Waals surface area (Å²) in [6, 6.07) is 9.48. The zero-order valence-corrected chi connectivity index (χ0v) is 18.9. The maximum Gasteiger partial charge on any atom is 0.198 e. The molecule has 6 heteroatoms. The molecule has 2 aromatic carbocycles. The second-order valence-corrected chi connectivity index (χ2v) is 8.82. The number of methoxy groups -OCH3 is 1. The van der Waals surface area contributed by atoms with Crippen LogP contribution in [0.25, 0.3) is 11.1 Å². The van der Waals surface area contributed by atoms with Crippen molar-refractivity contribution in [3.63, 3.8) is 0 Å². The van der Waals surface area contributed by atoms with E-state index in [0.717, 1.165) is 56.1 Å². The highest BCUT2D eigenvalue weighted by Gasteiger charge is 2.35. The Bertz CT molecular complexity index is 978. The maximum absolute atomic E-state index is 13.4. The molecule has 0 saturated carbocycles. The number of hydrogen-bond donors (Lipinski definition) is 0. The Hall–Kier alpha value is -2.57.